The summed E-state index contributed by atoms with van der Waals surface area (Å²) < 4.78 is 0. The molecule has 0 saturated heterocycles. The number of hydrogen-bond acceptors (Lipinski definition) is 2. The van der Waals surface area contributed by atoms with Crippen molar-refractivity contribution in [2.45, 2.75) is 76.8 Å². The Morgan fingerprint density at radius 2 is 1.67 bits per heavy atom. The van der Waals surface area contributed by atoms with E-state index in [0.717, 1.165) is 24.4 Å². The van der Waals surface area contributed by atoms with E-state index in [1.54, 1.807) is 0 Å². The smallest absolute Gasteiger partial charge is 0.0337 e. The highest BCUT2D eigenvalue weighted by Gasteiger charge is 2.48. The van der Waals surface area contributed by atoms with Crippen LogP contribution in [0.15, 0.2) is 0 Å². The molecule has 0 radical (unpaired) electrons. The molecule has 2 aliphatic rings. The van der Waals surface area contributed by atoms with Gasteiger partial charge in [0.05, 0.1) is 0 Å². The Hall–Kier alpha value is -0.0800. The Labute approximate surface area is 113 Å². The van der Waals surface area contributed by atoms with Gasteiger partial charge in [0.2, 0.25) is 0 Å². The second-order valence-corrected chi connectivity index (χ2v) is 7.10. The van der Waals surface area contributed by atoms with Gasteiger partial charge in [-0.3, -0.25) is 4.90 Å². The molecule has 0 heterocycles. The fourth-order valence-electron chi connectivity index (χ4n) is 4.02. The van der Waals surface area contributed by atoms with Gasteiger partial charge in [0.1, 0.15) is 0 Å². The minimum absolute atomic E-state index is 0.337. The van der Waals surface area contributed by atoms with Gasteiger partial charge in [-0.1, -0.05) is 39.5 Å². The Kier molecular flexibility index (Phi) is 4.71. The quantitative estimate of drug-likeness (QED) is 0.777. The molecular weight excluding hydrogens is 220 g/mol. The molecule has 2 fully saturated rings. The van der Waals surface area contributed by atoms with E-state index in [0.29, 0.717) is 5.54 Å². The van der Waals surface area contributed by atoms with Crippen LogP contribution in [0, 0.1) is 11.8 Å². The first kappa shape index (κ1) is 14.3. The molecule has 2 aliphatic carbocycles. The van der Waals surface area contributed by atoms with Gasteiger partial charge in [-0.2, -0.15) is 0 Å². The monoisotopic (exact) mass is 252 g/mol. The molecule has 2 heteroatoms. The van der Waals surface area contributed by atoms with Gasteiger partial charge in [0.25, 0.3) is 0 Å². The number of rotatable bonds is 4. The van der Waals surface area contributed by atoms with E-state index in [2.05, 4.69) is 25.8 Å². The van der Waals surface area contributed by atoms with Crippen molar-refractivity contribution in [2.75, 3.05) is 13.6 Å². The number of hydrogen-bond donors (Lipinski definition) is 1. The maximum atomic E-state index is 6.14. The summed E-state index contributed by atoms with van der Waals surface area (Å²) in [5.41, 5.74) is 6.47. The molecule has 106 valence electrons. The van der Waals surface area contributed by atoms with Crippen molar-refractivity contribution in [3.8, 4) is 0 Å². The van der Waals surface area contributed by atoms with Gasteiger partial charge in [0, 0.05) is 18.1 Å². The summed E-state index contributed by atoms with van der Waals surface area (Å²) in [5.74, 6) is 1.73. The third-order valence-corrected chi connectivity index (χ3v) is 5.73. The minimum atomic E-state index is 0.337. The first-order valence-corrected chi connectivity index (χ1v) is 8.02. The summed E-state index contributed by atoms with van der Waals surface area (Å²) >= 11 is 0. The molecule has 18 heavy (non-hydrogen) atoms. The molecule has 0 bridgehead atoms. The summed E-state index contributed by atoms with van der Waals surface area (Å²) in [5, 5.41) is 0. The zero-order valence-electron chi connectivity index (χ0n) is 12.6. The first-order chi connectivity index (χ1) is 8.59. The Morgan fingerprint density at radius 3 is 2.11 bits per heavy atom. The van der Waals surface area contributed by atoms with Crippen LogP contribution in [-0.2, 0) is 0 Å². The molecule has 0 aromatic carbocycles. The van der Waals surface area contributed by atoms with E-state index in [9.17, 15) is 0 Å². The molecule has 2 saturated carbocycles. The highest BCUT2D eigenvalue weighted by atomic mass is 15.2. The third-order valence-electron chi connectivity index (χ3n) is 5.73. The van der Waals surface area contributed by atoms with Crippen molar-refractivity contribution in [2.24, 2.45) is 17.6 Å². The minimum Gasteiger partial charge on any atom is -0.329 e. The largest absolute Gasteiger partial charge is 0.329 e. The van der Waals surface area contributed by atoms with Crippen LogP contribution in [0.1, 0.15) is 65.2 Å². The standard InChI is InChI=1S/C16H32N2/c1-13(2)14-10-16(11-14,12-17)18(3)15-8-6-4-5-7-9-15/h13-15H,4-12,17H2,1-3H3. The van der Waals surface area contributed by atoms with Crippen LogP contribution in [0.2, 0.25) is 0 Å². The predicted octanol–water partition coefficient (Wildman–Crippen LogP) is 3.40. The Bertz CT molecular complexity index is 248. The number of nitrogens with zero attached hydrogens (tertiary/aromatic N) is 1. The van der Waals surface area contributed by atoms with Gasteiger partial charge in [0.15, 0.2) is 0 Å². The SMILES string of the molecule is CC(C)C1CC(CN)(N(C)C2CCCCCC2)C1. The molecule has 0 atom stereocenters. The van der Waals surface area contributed by atoms with Gasteiger partial charge in [-0.05, 0) is 44.6 Å². The molecule has 0 amide bonds. The van der Waals surface area contributed by atoms with Gasteiger partial charge in [-0.15, -0.1) is 0 Å². The third kappa shape index (κ3) is 2.75. The summed E-state index contributed by atoms with van der Waals surface area (Å²) in [6.07, 6.45) is 11.2. The fraction of sp³-hybridized carbons (Fsp3) is 1.00. The van der Waals surface area contributed by atoms with Crippen molar-refractivity contribution in [3.05, 3.63) is 0 Å². The topological polar surface area (TPSA) is 29.3 Å². The molecule has 0 aromatic heterocycles. The molecule has 2 N–H and O–H groups in total. The predicted molar refractivity (Wildman–Crippen MR) is 78.6 cm³/mol. The van der Waals surface area contributed by atoms with Gasteiger partial charge in [-0.25, -0.2) is 0 Å². The average molecular weight is 252 g/mol. The lowest BCUT2D eigenvalue weighted by atomic mass is 9.63. The highest BCUT2D eigenvalue weighted by Crippen LogP contribution is 2.46. The van der Waals surface area contributed by atoms with Crippen molar-refractivity contribution < 1.29 is 0 Å². The molecule has 0 spiro atoms. The Balaban J connectivity index is 1.95. The lowest BCUT2D eigenvalue weighted by molar-refractivity contribution is -0.0462. The van der Waals surface area contributed by atoms with Gasteiger partial charge >= 0.3 is 0 Å². The second-order valence-electron chi connectivity index (χ2n) is 7.10. The molecule has 2 rings (SSSR count). The number of nitrogens with two attached hydrogens (primary N) is 1. The lowest BCUT2D eigenvalue weighted by Gasteiger charge is -2.56. The molecule has 0 unspecified atom stereocenters. The summed E-state index contributed by atoms with van der Waals surface area (Å²) in [6, 6.07) is 0.796. The molecule has 2 nitrogen and oxygen atoms in total. The van der Waals surface area contributed by atoms with E-state index in [-0.39, 0.29) is 0 Å². The lowest BCUT2D eigenvalue weighted by Crippen LogP contribution is -2.63. The second kappa shape index (κ2) is 5.92. The van der Waals surface area contributed by atoms with Crippen molar-refractivity contribution in [1.29, 1.82) is 0 Å². The molecule has 0 aliphatic heterocycles. The van der Waals surface area contributed by atoms with Crippen LogP contribution in [0.3, 0.4) is 0 Å². The first-order valence-electron chi connectivity index (χ1n) is 8.02. The van der Waals surface area contributed by atoms with Crippen molar-refractivity contribution >= 4 is 0 Å². The number of likely N-dealkylation sites (N-methyl/N-ethyl adjacent to an activating group) is 1. The van der Waals surface area contributed by atoms with Crippen molar-refractivity contribution in [1.82, 2.24) is 4.90 Å². The van der Waals surface area contributed by atoms with E-state index in [1.807, 2.05) is 0 Å². The van der Waals surface area contributed by atoms with Crippen LogP contribution in [0.5, 0.6) is 0 Å². The van der Waals surface area contributed by atoms with E-state index >= 15 is 0 Å². The molecule has 0 aromatic rings. The van der Waals surface area contributed by atoms with Crippen LogP contribution in [-0.4, -0.2) is 30.1 Å². The maximum Gasteiger partial charge on any atom is 0.0337 e. The van der Waals surface area contributed by atoms with Crippen molar-refractivity contribution in [3.63, 3.8) is 0 Å². The fourth-order valence-corrected chi connectivity index (χ4v) is 4.02. The summed E-state index contributed by atoms with van der Waals surface area (Å²) in [6.45, 7) is 5.57. The average Bonchev–Trinajstić information content (AvgIpc) is 2.56. The van der Waals surface area contributed by atoms with Crippen LogP contribution < -0.4 is 5.73 Å². The van der Waals surface area contributed by atoms with E-state index in [4.69, 9.17) is 5.73 Å². The van der Waals surface area contributed by atoms with Crippen LogP contribution in [0.25, 0.3) is 0 Å². The normalized spacial score (nSPS) is 34.7. The zero-order valence-corrected chi connectivity index (χ0v) is 12.6. The van der Waals surface area contributed by atoms with Crippen LogP contribution >= 0.6 is 0 Å². The maximum absolute atomic E-state index is 6.14. The van der Waals surface area contributed by atoms with E-state index < -0.39 is 0 Å². The summed E-state index contributed by atoms with van der Waals surface area (Å²) in [7, 11) is 2.35. The summed E-state index contributed by atoms with van der Waals surface area (Å²) in [4.78, 5) is 2.68. The van der Waals surface area contributed by atoms with E-state index in [1.165, 1.54) is 51.4 Å². The Morgan fingerprint density at radius 1 is 1.11 bits per heavy atom. The van der Waals surface area contributed by atoms with Gasteiger partial charge < -0.3 is 5.73 Å². The molecular formula is C16H32N2. The zero-order chi connectivity index (χ0) is 13.2. The van der Waals surface area contributed by atoms with Crippen LogP contribution in [0.4, 0.5) is 0 Å². The highest BCUT2D eigenvalue weighted by molar-refractivity contribution is 5.04.